The molecule has 108 valence electrons. The summed E-state index contributed by atoms with van der Waals surface area (Å²) in [5, 5.41) is 0. The standard InChI is InChI=1S/C16H23N3O/c1-3-20-14-10-6-9-13-15(14)18-16(17)19(13)11(2)12-7-4-5-8-12/h6,9-12H,3-5,7-8H2,1-2H3,(H2,17,18). The van der Waals surface area contributed by atoms with E-state index in [1.54, 1.807) is 0 Å². The van der Waals surface area contributed by atoms with Crippen molar-refractivity contribution in [3.05, 3.63) is 18.2 Å². The van der Waals surface area contributed by atoms with Crippen LogP contribution in [-0.2, 0) is 0 Å². The van der Waals surface area contributed by atoms with Crippen LogP contribution in [-0.4, -0.2) is 16.2 Å². The van der Waals surface area contributed by atoms with E-state index in [0.29, 0.717) is 24.5 Å². The summed E-state index contributed by atoms with van der Waals surface area (Å²) in [6.07, 6.45) is 5.27. The second kappa shape index (κ2) is 5.35. The first-order valence-electron chi connectivity index (χ1n) is 7.61. The lowest BCUT2D eigenvalue weighted by Crippen LogP contribution is -2.16. The van der Waals surface area contributed by atoms with E-state index >= 15 is 0 Å². The Balaban J connectivity index is 2.06. The number of ether oxygens (including phenoxy) is 1. The summed E-state index contributed by atoms with van der Waals surface area (Å²) in [6, 6.07) is 6.47. The lowest BCUT2D eigenvalue weighted by atomic mass is 9.99. The van der Waals surface area contributed by atoms with E-state index in [0.717, 1.165) is 16.8 Å². The van der Waals surface area contributed by atoms with Gasteiger partial charge in [0.15, 0.2) is 0 Å². The summed E-state index contributed by atoms with van der Waals surface area (Å²) in [5.74, 6) is 2.14. The first-order valence-corrected chi connectivity index (χ1v) is 7.61. The fourth-order valence-electron chi connectivity index (χ4n) is 3.46. The van der Waals surface area contributed by atoms with Crippen molar-refractivity contribution in [2.24, 2.45) is 5.92 Å². The number of fused-ring (bicyclic) bond motifs is 1. The third-order valence-corrected chi connectivity index (χ3v) is 4.50. The lowest BCUT2D eigenvalue weighted by Gasteiger charge is -2.22. The SMILES string of the molecule is CCOc1cccc2c1nc(N)n2C(C)C1CCCC1. The van der Waals surface area contributed by atoms with Gasteiger partial charge in [-0.1, -0.05) is 18.9 Å². The van der Waals surface area contributed by atoms with Crippen LogP contribution < -0.4 is 10.5 Å². The van der Waals surface area contributed by atoms with Gasteiger partial charge in [0.2, 0.25) is 5.95 Å². The van der Waals surface area contributed by atoms with Crippen molar-refractivity contribution in [3.8, 4) is 5.75 Å². The second-order valence-electron chi connectivity index (χ2n) is 5.68. The zero-order valence-corrected chi connectivity index (χ0v) is 12.3. The van der Waals surface area contributed by atoms with Crippen LogP contribution in [0.5, 0.6) is 5.75 Å². The molecular weight excluding hydrogens is 250 g/mol. The van der Waals surface area contributed by atoms with Crippen LogP contribution in [0.4, 0.5) is 5.95 Å². The van der Waals surface area contributed by atoms with Crippen molar-refractivity contribution < 1.29 is 4.74 Å². The molecule has 4 nitrogen and oxygen atoms in total. The van der Waals surface area contributed by atoms with E-state index in [9.17, 15) is 0 Å². The molecule has 1 aliphatic carbocycles. The highest BCUT2D eigenvalue weighted by atomic mass is 16.5. The maximum atomic E-state index is 6.18. The van der Waals surface area contributed by atoms with E-state index in [2.05, 4.69) is 22.5 Å². The molecule has 20 heavy (non-hydrogen) atoms. The highest BCUT2D eigenvalue weighted by molar-refractivity contribution is 5.84. The quantitative estimate of drug-likeness (QED) is 0.922. The van der Waals surface area contributed by atoms with Crippen LogP contribution in [0, 0.1) is 5.92 Å². The summed E-state index contributed by atoms with van der Waals surface area (Å²) in [7, 11) is 0. The van der Waals surface area contributed by atoms with E-state index in [-0.39, 0.29) is 0 Å². The summed E-state index contributed by atoms with van der Waals surface area (Å²) >= 11 is 0. The molecule has 1 unspecified atom stereocenters. The van der Waals surface area contributed by atoms with Crippen molar-refractivity contribution in [3.63, 3.8) is 0 Å². The molecule has 0 aliphatic heterocycles. The number of imidazole rings is 1. The van der Waals surface area contributed by atoms with E-state index in [4.69, 9.17) is 10.5 Å². The zero-order chi connectivity index (χ0) is 14.1. The molecule has 0 radical (unpaired) electrons. The van der Waals surface area contributed by atoms with Gasteiger partial charge >= 0.3 is 0 Å². The number of nitrogen functional groups attached to an aromatic ring is 1. The third-order valence-electron chi connectivity index (χ3n) is 4.50. The monoisotopic (exact) mass is 273 g/mol. The van der Waals surface area contributed by atoms with Gasteiger partial charge in [0.1, 0.15) is 11.3 Å². The molecule has 2 aromatic rings. The normalized spacial score (nSPS) is 17.7. The van der Waals surface area contributed by atoms with E-state index in [1.165, 1.54) is 25.7 Å². The van der Waals surface area contributed by atoms with Crippen molar-refractivity contribution >= 4 is 17.0 Å². The Morgan fingerprint density at radius 3 is 2.85 bits per heavy atom. The second-order valence-corrected chi connectivity index (χ2v) is 5.68. The molecule has 1 saturated carbocycles. The number of nitrogens with two attached hydrogens (primary N) is 1. The summed E-state index contributed by atoms with van der Waals surface area (Å²) in [6.45, 7) is 4.89. The number of para-hydroxylation sites is 1. The molecule has 2 N–H and O–H groups in total. The number of hydrogen-bond acceptors (Lipinski definition) is 3. The molecule has 4 heteroatoms. The smallest absolute Gasteiger partial charge is 0.201 e. The lowest BCUT2D eigenvalue weighted by molar-refractivity contribution is 0.343. The molecule has 1 atom stereocenters. The molecule has 1 heterocycles. The molecule has 1 aliphatic rings. The Hall–Kier alpha value is -1.71. The molecule has 1 aromatic heterocycles. The maximum absolute atomic E-state index is 6.18. The molecule has 0 bridgehead atoms. The minimum atomic E-state index is 0.402. The number of benzene rings is 1. The van der Waals surface area contributed by atoms with Gasteiger partial charge in [0.25, 0.3) is 0 Å². The molecular formula is C16H23N3O. The summed E-state index contributed by atoms with van der Waals surface area (Å²) < 4.78 is 7.85. The Morgan fingerprint density at radius 2 is 2.15 bits per heavy atom. The number of nitrogens with zero attached hydrogens (tertiary/aromatic N) is 2. The molecule has 1 fully saturated rings. The number of rotatable bonds is 4. The predicted octanol–water partition coefficient (Wildman–Crippen LogP) is 3.77. The Kier molecular flexibility index (Phi) is 3.55. The largest absolute Gasteiger partial charge is 0.492 e. The minimum Gasteiger partial charge on any atom is -0.492 e. The van der Waals surface area contributed by atoms with Crippen LogP contribution >= 0.6 is 0 Å². The topological polar surface area (TPSA) is 53.1 Å². The van der Waals surface area contributed by atoms with E-state index in [1.807, 2.05) is 19.1 Å². The van der Waals surface area contributed by atoms with Crippen molar-refractivity contribution in [2.45, 2.75) is 45.6 Å². The molecule has 3 rings (SSSR count). The predicted molar refractivity (Wildman–Crippen MR) is 82.0 cm³/mol. The van der Waals surface area contributed by atoms with Gasteiger partial charge in [-0.3, -0.25) is 0 Å². The van der Waals surface area contributed by atoms with E-state index < -0.39 is 0 Å². The zero-order valence-electron chi connectivity index (χ0n) is 12.3. The molecule has 0 amide bonds. The van der Waals surface area contributed by atoms with Crippen molar-refractivity contribution in [2.75, 3.05) is 12.3 Å². The molecule has 0 saturated heterocycles. The Labute approximate surface area is 119 Å². The van der Waals surface area contributed by atoms with Gasteiger partial charge in [-0.25, -0.2) is 4.98 Å². The first-order chi connectivity index (χ1) is 9.72. The maximum Gasteiger partial charge on any atom is 0.201 e. The van der Waals surface area contributed by atoms with Crippen molar-refractivity contribution in [1.82, 2.24) is 9.55 Å². The number of anilines is 1. The Bertz CT molecular complexity index is 599. The fraction of sp³-hybridized carbons (Fsp3) is 0.562. The van der Waals surface area contributed by atoms with Gasteiger partial charge in [0, 0.05) is 6.04 Å². The third kappa shape index (κ3) is 2.13. The minimum absolute atomic E-state index is 0.402. The number of aromatic nitrogens is 2. The van der Waals surface area contributed by atoms with Crippen LogP contribution in [0.2, 0.25) is 0 Å². The Morgan fingerprint density at radius 1 is 1.40 bits per heavy atom. The van der Waals surface area contributed by atoms with Crippen LogP contribution in [0.1, 0.15) is 45.6 Å². The molecule has 1 aromatic carbocycles. The van der Waals surface area contributed by atoms with Crippen LogP contribution in [0.25, 0.3) is 11.0 Å². The number of hydrogen-bond donors (Lipinski definition) is 1. The van der Waals surface area contributed by atoms with Gasteiger partial charge < -0.3 is 15.0 Å². The van der Waals surface area contributed by atoms with Gasteiger partial charge in [-0.05, 0) is 44.7 Å². The first kappa shape index (κ1) is 13.3. The highest BCUT2D eigenvalue weighted by Gasteiger charge is 2.26. The average Bonchev–Trinajstić information content (AvgIpc) is 3.06. The van der Waals surface area contributed by atoms with Gasteiger partial charge in [-0.15, -0.1) is 0 Å². The average molecular weight is 273 g/mol. The van der Waals surface area contributed by atoms with Crippen molar-refractivity contribution in [1.29, 1.82) is 0 Å². The van der Waals surface area contributed by atoms with Gasteiger partial charge in [0.05, 0.1) is 12.1 Å². The highest BCUT2D eigenvalue weighted by Crippen LogP contribution is 2.38. The van der Waals surface area contributed by atoms with Crippen LogP contribution in [0.3, 0.4) is 0 Å². The van der Waals surface area contributed by atoms with Crippen LogP contribution in [0.15, 0.2) is 18.2 Å². The molecule has 0 spiro atoms. The summed E-state index contributed by atoms with van der Waals surface area (Å²) in [4.78, 5) is 4.54. The fourth-order valence-corrected chi connectivity index (χ4v) is 3.46. The van der Waals surface area contributed by atoms with Gasteiger partial charge in [-0.2, -0.15) is 0 Å². The summed E-state index contributed by atoms with van der Waals surface area (Å²) in [5.41, 5.74) is 8.16.